The molecule has 2 aromatic rings. The number of carbonyl (C=O) groups is 2. The zero-order valence-corrected chi connectivity index (χ0v) is 13.0. The van der Waals surface area contributed by atoms with E-state index in [0.29, 0.717) is 35.7 Å². The summed E-state index contributed by atoms with van der Waals surface area (Å²) in [7, 11) is 0. The Hall–Kier alpha value is -2.63. The van der Waals surface area contributed by atoms with Crippen molar-refractivity contribution in [2.75, 3.05) is 6.54 Å². The highest BCUT2D eigenvalue weighted by Crippen LogP contribution is 2.19. The molecule has 0 bridgehead atoms. The highest BCUT2D eigenvalue weighted by atomic mass is 16.4. The molecule has 0 radical (unpaired) electrons. The van der Waals surface area contributed by atoms with Gasteiger partial charge in [0.05, 0.1) is 17.5 Å². The van der Waals surface area contributed by atoms with Gasteiger partial charge in [-0.2, -0.15) is 0 Å². The Bertz CT molecular complexity index is 665. The molecular formula is C17H20N2O4. The van der Waals surface area contributed by atoms with Crippen LogP contribution in [-0.4, -0.2) is 28.5 Å². The summed E-state index contributed by atoms with van der Waals surface area (Å²) in [5, 5.41) is 11.4. The highest BCUT2D eigenvalue weighted by molar-refractivity contribution is 5.95. The van der Waals surface area contributed by atoms with Crippen LogP contribution in [0.25, 0.3) is 11.5 Å². The minimum absolute atomic E-state index is 0.167. The monoisotopic (exact) mass is 316 g/mol. The maximum absolute atomic E-state index is 12.1. The molecule has 0 atom stereocenters. The number of unbranched alkanes of at least 4 members (excludes halogenated alkanes) is 2. The molecule has 2 aromatic heterocycles. The molecule has 0 saturated heterocycles. The lowest BCUT2D eigenvalue weighted by Crippen LogP contribution is -2.25. The molecule has 0 aromatic carbocycles. The van der Waals surface area contributed by atoms with E-state index in [1.807, 2.05) is 6.07 Å². The van der Waals surface area contributed by atoms with Crippen LogP contribution in [0.3, 0.4) is 0 Å². The topological polar surface area (TPSA) is 92.4 Å². The fraction of sp³-hybridized carbons (Fsp3) is 0.353. The normalized spacial score (nSPS) is 10.5. The standard InChI is InChI=1S/C17H20N2O4/c1-12-13(8-9-14(19-12)15-6-5-11-23-15)17(22)18-10-4-2-3-7-16(20)21/h5-6,8-9,11H,2-4,7,10H2,1H3,(H,18,22)(H,20,21). The molecule has 0 spiro atoms. The van der Waals surface area contributed by atoms with Gasteiger partial charge in [-0.15, -0.1) is 0 Å². The molecule has 6 heteroatoms. The summed E-state index contributed by atoms with van der Waals surface area (Å²) in [5.74, 6) is -0.287. The number of nitrogens with one attached hydrogen (secondary N) is 1. The van der Waals surface area contributed by atoms with Crippen LogP contribution >= 0.6 is 0 Å². The van der Waals surface area contributed by atoms with E-state index >= 15 is 0 Å². The van der Waals surface area contributed by atoms with Gasteiger partial charge in [-0.25, -0.2) is 4.98 Å². The number of carbonyl (C=O) groups excluding carboxylic acids is 1. The Morgan fingerprint density at radius 3 is 2.70 bits per heavy atom. The van der Waals surface area contributed by atoms with Crippen molar-refractivity contribution < 1.29 is 19.1 Å². The van der Waals surface area contributed by atoms with Crippen LogP contribution in [0.1, 0.15) is 41.7 Å². The van der Waals surface area contributed by atoms with Crippen LogP contribution in [0.2, 0.25) is 0 Å². The van der Waals surface area contributed by atoms with Crippen molar-refractivity contribution in [1.29, 1.82) is 0 Å². The second-order valence-electron chi connectivity index (χ2n) is 5.27. The maximum atomic E-state index is 12.1. The smallest absolute Gasteiger partial charge is 0.303 e. The summed E-state index contributed by atoms with van der Waals surface area (Å²) < 4.78 is 5.29. The van der Waals surface area contributed by atoms with Gasteiger partial charge in [0.2, 0.25) is 0 Å². The maximum Gasteiger partial charge on any atom is 0.303 e. The van der Waals surface area contributed by atoms with E-state index in [1.54, 1.807) is 31.4 Å². The third-order valence-corrected chi connectivity index (χ3v) is 3.46. The van der Waals surface area contributed by atoms with Crippen LogP contribution in [0, 0.1) is 6.92 Å². The van der Waals surface area contributed by atoms with E-state index in [0.717, 1.165) is 12.8 Å². The fourth-order valence-corrected chi connectivity index (χ4v) is 2.24. The SMILES string of the molecule is Cc1nc(-c2ccco2)ccc1C(=O)NCCCCCC(=O)O. The van der Waals surface area contributed by atoms with E-state index in [1.165, 1.54) is 0 Å². The van der Waals surface area contributed by atoms with Crippen LogP contribution in [0.5, 0.6) is 0 Å². The lowest BCUT2D eigenvalue weighted by Gasteiger charge is -2.08. The number of carboxylic acid groups (broad SMARTS) is 1. The van der Waals surface area contributed by atoms with Gasteiger partial charge >= 0.3 is 5.97 Å². The predicted octanol–water partition coefficient (Wildman–Crippen LogP) is 3.02. The Balaban J connectivity index is 1.84. The van der Waals surface area contributed by atoms with Crippen LogP contribution in [0.4, 0.5) is 0 Å². The summed E-state index contributed by atoms with van der Waals surface area (Å²) in [6.07, 6.45) is 3.92. The van der Waals surface area contributed by atoms with E-state index in [4.69, 9.17) is 9.52 Å². The minimum Gasteiger partial charge on any atom is -0.481 e. The fourth-order valence-electron chi connectivity index (χ4n) is 2.24. The Labute approximate surface area is 134 Å². The average molecular weight is 316 g/mol. The average Bonchev–Trinajstić information content (AvgIpc) is 3.04. The summed E-state index contributed by atoms with van der Waals surface area (Å²) in [4.78, 5) is 26.9. The molecule has 6 nitrogen and oxygen atoms in total. The quantitative estimate of drug-likeness (QED) is 0.730. The summed E-state index contributed by atoms with van der Waals surface area (Å²) in [6, 6.07) is 7.10. The lowest BCUT2D eigenvalue weighted by molar-refractivity contribution is -0.137. The van der Waals surface area contributed by atoms with Gasteiger partial charge in [-0.1, -0.05) is 6.42 Å². The Morgan fingerprint density at radius 2 is 2.04 bits per heavy atom. The number of furan rings is 1. The van der Waals surface area contributed by atoms with Crippen molar-refractivity contribution in [3.8, 4) is 11.5 Å². The molecule has 2 N–H and O–H groups in total. The summed E-state index contributed by atoms with van der Waals surface area (Å²) >= 11 is 0. The number of pyridine rings is 1. The highest BCUT2D eigenvalue weighted by Gasteiger charge is 2.11. The molecule has 0 aliphatic rings. The molecule has 122 valence electrons. The first kappa shape index (κ1) is 16.7. The Kier molecular flexibility index (Phi) is 5.91. The second-order valence-corrected chi connectivity index (χ2v) is 5.27. The number of hydrogen-bond acceptors (Lipinski definition) is 4. The van der Waals surface area contributed by atoms with Crippen molar-refractivity contribution >= 4 is 11.9 Å². The molecule has 0 unspecified atom stereocenters. The van der Waals surface area contributed by atoms with E-state index in [2.05, 4.69) is 10.3 Å². The van der Waals surface area contributed by atoms with Crippen LogP contribution < -0.4 is 5.32 Å². The molecule has 0 saturated carbocycles. The number of aromatic nitrogens is 1. The van der Waals surface area contributed by atoms with Crippen LogP contribution in [-0.2, 0) is 4.79 Å². The first-order valence-electron chi connectivity index (χ1n) is 7.59. The van der Waals surface area contributed by atoms with Gasteiger partial charge in [0, 0.05) is 13.0 Å². The van der Waals surface area contributed by atoms with Crippen LogP contribution in [0.15, 0.2) is 34.9 Å². The first-order valence-corrected chi connectivity index (χ1v) is 7.59. The lowest BCUT2D eigenvalue weighted by atomic mass is 10.1. The minimum atomic E-state index is -0.785. The third kappa shape index (κ3) is 4.95. The summed E-state index contributed by atoms with van der Waals surface area (Å²) in [6.45, 7) is 2.31. The predicted molar refractivity (Wildman–Crippen MR) is 85.1 cm³/mol. The number of nitrogens with zero attached hydrogens (tertiary/aromatic N) is 1. The Morgan fingerprint density at radius 1 is 1.22 bits per heavy atom. The number of hydrogen-bond donors (Lipinski definition) is 2. The second kappa shape index (κ2) is 8.12. The van der Waals surface area contributed by atoms with Gasteiger partial charge in [-0.3, -0.25) is 9.59 Å². The van der Waals surface area contributed by atoms with Crippen molar-refractivity contribution in [3.63, 3.8) is 0 Å². The molecular weight excluding hydrogens is 296 g/mol. The van der Waals surface area contributed by atoms with Crippen molar-refractivity contribution in [2.24, 2.45) is 0 Å². The molecule has 0 fully saturated rings. The number of aliphatic carboxylic acids is 1. The number of amides is 1. The first-order chi connectivity index (χ1) is 11.1. The molecule has 1 amide bonds. The number of carboxylic acids is 1. The van der Waals surface area contributed by atoms with Gasteiger partial charge < -0.3 is 14.8 Å². The van der Waals surface area contributed by atoms with Gasteiger partial charge in [-0.05, 0) is 44.0 Å². The molecule has 2 rings (SSSR count). The van der Waals surface area contributed by atoms with Gasteiger partial charge in [0.25, 0.3) is 5.91 Å². The third-order valence-electron chi connectivity index (χ3n) is 3.46. The molecule has 23 heavy (non-hydrogen) atoms. The van der Waals surface area contributed by atoms with Gasteiger partial charge in [0.15, 0.2) is 5.76 Å². The summed E-state index contributed by atoms with van der Waals surface area (Å²) in [5.41, 5.74) is 1.87. The van der Waals surface area contributed by atoms with E-state index < -0.39 is 5.97 Å². The largest absolute Gasteiger partial charge is 0.481 e. The zero-order chi connectivity index (χ0) is 16.7. The number of rotatable bonds is 8. The molecule has 0 aliphatic carbocycles. The van der Waals surface area contributed by atoms with E-state index in [9.17, 15) is 9.59 Å². The van der Waals surface area contributed by atoms with Crippen molar-refractivity contribution in [3.05, 3.63) is 41.8 Å². The molecule has 2 heterocycles. The van der Waals surface area contributed by atoms with Crippen molar-refractivity contribution in [2.45, 2.75) is 32.6 Å². The van der Waals surface area contributed by atoms with Gasteiger partial charge in [0.1, 0.15) is 5.69 Å². The number of aryl methyl sites for hydroxylation is 1. The van der Waals surface area contributed by atoms with Crippen molar-refractivity contribution in [1.82, 2.24) is 10.3 Å². The zero-order valence-electron chi connectivity index (χ0n) is 13.0. The molecule has 0 aliphatic heterocycles. The van der Waals surface area contributed by atoms with E-state index in [-0.39, 0.29) is 12.3 Å².